The van der Waals surface area contributed by atoms with E-state index in [1.807, 2.05) is 6.92 Å². The quantitative estimate of drug-likeness (QED) is 0.591. The van der Waals surface area contributed by atoms with Crippen LogP contribution < -0.4 is 0 Å². The molecule has 0 radical (unpaired) electrons. The molecule has 0 heterocycles. The molecule has 1 unspecified atom stereocenters. The SMILES string of the molecule is CCCC(=O)C(C)CC(=O)OC. The van der Waals surface area contributed by atoms with E-state index in [4.69, 9.17) is 0 Å². The summed E-state index contributed by atoms with van der Waals surface area (Å²) >= 11 is 0. The van der Waals surface area contributed by atoms with E-state index in [0.29, 0.717) is 6.42 Å². The largest absolute Gasteiger partial charge is 0.469 e. The summed E-state index contributed by atoms with van der Waals surface area (Å²) in [7, 11) is 1.33. The third-order valence-electron chi connectivity index (χ3n) is 1.75. The third kappa shape index (κ3) is 4.11. The molecule has 0 aliphatic rings. The summed E-state index contributed by atoms with van der Waals surface area (Å²) in [5, 5.41) is 0. The van der Waals surface area contributed by atoms with Crippen molar-refractivity contribution in [2.45, 2.75) is 33.1 Å². The molecule has 70 valence electrons. The van der Waals surface area contributed by atoms with Gasteiger partial charge < -0.3 is 4.74 Å². The Morgan fingerprint density at radius 1 is 1.42 bits per heavy atom. The molecule has 0 bridgehead atoms. The fraction of sp³-hybridized carbons (Fsp3) is 0.778. The Morgan fingerprint density at radius 2 is 2.00 bits per heavy atom. The molecule has 1 atom stereocenters. The van der Waals surface area contributed by atoms with Crippen molar-refractivity contribution in [1.29, 1.82) is 0 Å². The molecule has 0 aliphatic carbocycles. The van der Waals surface area contributed by atoms with Crippen molar-refractivity contribution in [3.8, 4) is 0 Å². The van der Waals surface area contributed by atoms with Crippen LogP contribution in [0.5, 0.6) is 0 Å². The Labute approximate surface area is 73.1 Å². The van der Waals surface area contributed by atoms with E-state index in [-0.39, 0.29) is 24.1 Å². The molecule has 0 saturated carbocycles. The van der Waals surface area contributed by atoms with Gasteiger partial charge in [-0.15, -0.1) is 0 Å². The average Bonchev–Trinajstić information content (AvgIpc) is 2.04. The third-order valence-corrected chi connectivity index (χ3v) is 1.75. The maximum atomic E-state index is 11.2. The fourth-order valence-corrected chi connectivity index (χ4v) is 0.940. The Bertz CT molecular complexity index is 163. The molecule has 0 rings (SSSR count). The van der Waals surface area contributed by atoms with E-state index in [2.05, 4.69) is 4.74 Å². The van der Waals surface area contributed by atoms with Gasteiger partial charge in [0.1, 0.15) is 5.78 Å². The number of hydrogen-bond acceptors (Lipinski definition) is 3. The van der Waals surface area contributed by atoms with Gasteiger partial charge in [0.05, 0.1) is 13.5 Å². The molecule has 0 spiro atoms. The summed E-state index contributed by atoms with van der Waals surface area (Å²) in [5.74, 6) is -0.368. The predicted octanol–water partition coefficient (Wildman–Crippen LogP) is 1.55. The molecule has 0 amide bonds. The van der Waals surface area contributed by atoms with Crippen LogP contribution in [0.4, 0.5) is 0 Å². The van der Waals surface area contributed by atoms with Crippen molar-refractivity contribution in [3.05, 3.63) is 0 Å². The first-order chi connectivity index (χ1) is 5.61. The molecule has 0 fully saturated rings. The van der Waals surface area contributed by atoms with Crippen LogP contribution in [0.1, 0.15) is 33.1 Å². The molecule has 0 N–H and O–H groups in total. The second-order valence-corrected chi connectivity index (χ2v) is 2.90. The lowest BCUT2D eigenvalue weighted by molar-refractivity contribution is -0.143. The summed E-state index contributed by atoms with van der Waals surface area (Å²) in [6.07, 6.45) is 1.60. The molecular weight excluding hydrogens is 156 g/mol. The van der Waals surface area contributed by atoms with E-state index in [0.717, 1.165) is 6.42 Å². The summed E-state index contributed by atoms with van der Waals surface area (Å²) in [5.41, 5.74) is 0. The highest BCUT2D eigenvalue weighted by Gasteiger charge is 2.15. The monoisotopic (exact) mass is 172 g/mol. The van der Waals surface area contributed by atoms with Crippen LogP contribution in [-0.2, 0) is 14.3 Å². The van der Waals surface area contributed by atoms with Gasteiger partial charge in [0.15, 0.2) is 0 Å². The van der Waals surface area contributed by atoms with Gasteiger partial charge in [-0.1, -0.05) is 13.8 Å². The number of Topliss-reactive ketones (excluding diaryl/α,β-unsaturated/α-hetero) is 1. The molecular formula is C9H16O3. The first kappa shape index (κ1) is 11.1. The highest BCUT2D eigenvalue weighted by molar-refractivity contribution is 5.84. The number of hydrogen-bond donors (Lipinski definition) is 0. The lowest BCUT2D eigenvalue weighted by Crippen LogP contribution is -2.15. The Kier molecular flexibility index (Phi) is 5.34. The van der Waals surface area contributed by atoms with Crippen LogP contribution in [0.15, 0.2) is 0 Å². The average molecular weight is 172 g/mol. The molecule has 3 nitrogen and oxygen atoms in total. The molecule has 0 aromatic heterocycles. The zero-order chi connectivity index (χ0) is 9.56. The van der Waals surface area contributed by atoms with E-state index >= 15 is 0 Å². The molecule has 0 saturated heterocycles. The van der Waals surface area contributed by atoms with Gasteiger partial charge in [-0.25, -0.2) is 0 Å². The maximum absolute atomic E-state index is 11.2. The molecule has 0 aromatic rings. The summed E-state index contributed by atoms with van der Waals surface area (Å²) < 4.78 is 4.46. The number of ketones is 1. The van der Waals surface area contributed by atoms with Crippen molar-refractivity contribution in [3.63, 3.8) is 0 Å². The highest BCUT2D eigenvalue weighted by Crippen LogP contribution is 2.08. The molecule has 12 heavy (non-hydrogen) atoms. The normalized spacial score (nSPS) is 12.2. The minimum Gasteiger partial charge on any atom is -0.469 e. The smallest absolute Gasteiger partial charge is 0.306 e. The zero-order valence-corrected chi connectivity index (χ0v) is 7.92. The zero-order valence-electron chi connectivity index (χ0n) is 7.92. The Hall–Kier alpha value is -0.860. The second-order valence-electron chi connectivity index (χ2n) is 2.90. The van der Waals surface area contributed by atoms with Crippen molar-refractivity contribution in [1.82, 2.24) is 0 Å². The van der Waals surface area contributed by atoms with Gasteiger partial charge in [0.25, 0.3) is 0 Å². The van der Waals surface area contributed by atoms with Gasteiger partial charge in [-0.2, -0.15) is 0 Å². The minimum atomic E-state index is -0.313. The second kappa shape index (κ2) is 5.75. The van der Waals surface area contributed by atoms with Gasteiger partial charge in [0, 0.05) is 12.3 Å². The van der Waals surface area contributed by atoms with Crippen molar-refractivity contribution >= 4 is 11.8 Å². The maximum Gasteiger partial charge on any atom is 0.306 e. The van der Waals surface area contributed by atoms with Crippen LogP contribution in [0.3, 0.4) is 0 Å². The van der Waals surface area contributed by atoms with Crippen LogP contribution in [0, 0.1) is 5.92 Å². The number of rotatable bonds is 5. The summed E-state index contributed by atoms with van der Waals surface area (Å²) in [6, 6.07) is 0. The Morgan fingerprint density at radius 3 is 2.42 bits per heavy atom. The lowest BCUT2D eigenvalue weighted by atomic mass is 9.99. The van der Waals surface area contributed by atoms with E-state index in [1.54, 1.807) is 6.92 Å². The van der Waals surface area contributed by atoms with Gasteiger partial charge in [-0.3, -0.25) is 9.59 Å². The number of carbonyl (C=O) groups excluding carboxylic acids is 2. The van der Waals surface area contributed by atoms with E-state index in [1.165, 1.54) is 7.11 Å². The Balaban J connectivity index is 3.78. The van der Waals surface area contributed by atoms with Gasteiger partial charge >= 0.3 is 5.97 Å². The molecule has 3 heteroatoms. The van der Waals surface area contributed by atoms with Crippen LogP contribution in [0.2, 0.25) is 0 Å². The highest BCUT2D eigenvalue weighted by atomic mass is 16.5. The van der Waals surface area contributed by atoms with Crippen molar-refractivity contribution < 1.29 is 14.3 Å². The fourth-order valence-electron chi connectivity index (χ4n) is 0.940. The van der Waals surface area contributed by atoms with E-state index < -0.39 is 0 Å². The lowest BCUT2D eigenvalue weighted by Gasteiger charge is -2.07. The van der Waals surface area contributed by atoms with Gasteiger partial charge in [0.2, 0.25) is 0 Å². The number of carbonyl (C=O) groups is 2. The standard InChI is InChI=1S/C9H16O3/c1-4-5-8(10)7(2)6-9(11)12-3/h7H,4-6H2,1-3H3. The first-order valence-corrected chi connectivity index (χ1v) is 4.21. The summed E-state index contributed by atoms with van der Waals surface area (Å²) in [6.45, 7) is 3.71. The summed E-state index contributed by atoms with van der Waals surface area (Å²) in [4.78, 5) is 21.9. The van der Waals surface area contributed by atoms with Crippen LogP contribution in [-0.4, -0.2) is 18.9 Å². The first-order valence-electron chi connectivity index (χ1n) is 4.21. The molecule has 0 aliphatic heterocycles. The molecule has 0 aromatic carbocycles. The number of esters is 1. The number of methoxy groups -OCH3 is 1. The predicted molar refractivity (Wildman–Crippen MR) is 45.7 cm³/mol. The van der Waals surface area contributed by atoms with E-state index in [9.17, 15) is 9.59 Å². The number of ether oxygens (including phenoxy) is 1. The topological polar surface area (TPSA) is 43.4 Å². The van der Waals surface area contributed by atoms with Crippen LogP contribution >= 0.6 is 0 Å². The van der Waals surface area contributed by atoms with Gasteiger partial charge in [-0.05, 0) is 6.42 Å². The van der Waals surface area contributed by atoms with Crippen molar-refractivity contribution in [2.24, 2.45) is 5.92 Å². The van der Waals surface area contributed by atoms with Crippen LogP contribution in [0.25, 0.3) is 0 Å². The minimum absolute atomic E-state index is 0.142. The van der Waals surface area contributed by atoms with Crippen molar-refractivity contribution in [2.75, 3.05) is 7.11 Å².